The summed E-state index contributed by atoms with van der Waals surface area (Å²) in [5.74, 6) is 7.38. The highest BCUT2D eigenvalue weighted by atomic mass is 16.5. The fourth-order valence-corrected chi connectivity index (χ4v) is 15.7. The zero-order valence-electron chi connectivity index (χ0n) is 50.8. The van der Waals surface area contributed by atoms with Gasteiger partial charge in [0.15, 0.2) is 22.3 Å². The van der Waals surface area contributed by atoms with E-state index in [2.05, 4.69) is 25.3 Å². The van der Waals surface area contributed by atoms with Gasteiger partial charge in [-0.3, -0.25) is 0 Å². The Hall–Kier alpha value is -2.60. The van der Waals surface area contributed by atoms with Crippen molar-refractivity contribution in [1.29, 1.82) is 0 Å². The van der Waals surface area contributed by atoms with Crippen LogP contribution in [0.15, 0.2) is 79.5 Å². The van der Waals surface area contributed by atoms with E-state index in [-0.39, 0.29) is 0 Å². The summed E-state index contributed by atoms with van der Waals surface area (Å²) in [5.41, 5.74) is 17.6. The van der Waals surface area contributed by atoms with Gasteiger partial charge in [-0.05, 0) is 200 Å². The molecule has 8 fully saturated rings. The normalized spacial score (nSPS) is 25.5. The van der Waals surface area contributed by atoms with Crippen molar-refractivity contribution in [2.24, 2.45) is 10.8 Å². The molecule has 2 aliphatic heterocycles. The maximum absolute atomic E-state index is 8.67. The lowest BCUT2D eigenvalue weighted by Crippen LogP contribution is -2.45. The van der Waals surface area contributed by atoms with Gasteiger partial charge in [0.1, 0.15) is 23.0 Å². The molecule has 0 aromatic heterocycles. The Morgan fingerprint density at radius 2 is 0.442 bits per heavy atom. The third-order valence-corrected chi connectivity index (χ3v) is 20.6. The first kappa shape index (κ1) is 60.5. The summed E-state index contributed by atoms with van der Waals surface area (Å²) in [6.45, 7) is 5.05. The molecular weight excluding hydrogens is 937 g/mol. The van der Waals surface area contributed by atoms with Crippen molar-refractivity contribution in [2.45, 2.75) is 373 Å². The van der Waals surface area contributed by atoms with Crippen LogP contribution in [0.5, 0.6) is 0 Å². The van der Waals surface area contributed by atoms with Crippen LogP contribution in [-0.4, -0.2) is 0 Å². The van der Waals surface area contributed by atoms with E-state index in [9.17, 15) is 0 Å². The van der Waals surface area contributed by atoms with Crippen LogP contribution in [0.2, 0.25) is 0 Å². The molecule has 432 valence electrons. The van der Waals surface area contributed by atoms with E-state index < -0.39 is 10.8 Å². The van der Waals surface area contributed by atoms with Gasteiger partial charge >= 0.3 is 0 Å². The minimum absolute atomic E-state index is 0.456. The maximum atomic E-state index is 8.67. The molecule has 0 aromatic carbocycles. The number of rotatable bonds is 6. The molecule has 8 rings (SSSR count). The van der Waals surface area contributed by atoms with Crippen LogP contribution in [-0.2, 0) is 14.2 Å². The first-order valence-electron chi connectivity index (χ1n) is 35.1. The van der Waals surface area contributed by atoms with Gasteiger partial charge in [-0.25, -0.2) is 0 Å². The SMILES string of the molecule is CCC1(C(=C=C2CCCCCCCCC2)OC(=C=C2CCCCCCCCC2)C2(CC)C(=C3CCCCCCCCC3)OC2=C2CCCCCCCCC2)C(=C2CCCCCCCCC2)OC1=C1CCCCCCCCC1. The minimum atomic E-state index is -0.456. The Labute approximate surface area is 475 Å². The molecule has 0 spiro atoms. The summed E-state index contributed by atoms with van der Waals surface area (Å²) in [6, 6.07) is 0. The lowest BCUT2D eigenvalue weighted by atomic mass is 9.68. The number of ether oxygens (including phenoxy) is 3. The molecule has 3 heteroatoms. The molecule has 0 radical (unpaired) electrons. The van der Waals surface area contributed by atoms with Gasteiger partial charge in [0.2, 0.25) is 0 Å². The average Bonchev–Trinajstić information content (AvgIpc) is 3.54. The molecule has 0 aromatic rings. The van der Waals surface area contributed by atoms with Gasteiger partial charge in [-0.15, -0.1) is 0 Å². The highest BCUT2D eigenvalue weighted by Gasteiger charge is 2.60. The lowest BCUT2D eigenvalue weighted by molar-refractivity contribution is -0.0108. The van der Waals surface area contributed by atoms with Crippen LogP contribution in [0, 0.1) is 10.8 Å². The zero-order chi connectivity index (χ0) is 53.1. The van der Waals surface area contributed by atoms with E-state index >= 15 is 0 Å². The molecule has 0 amide bonds. The van der Waals surface area contributed by atoms with E-state index in [0.717, 1.165) is 101 Å². The summed E-state index contributed by atoms with van der Waals surface area (Å²) in [7, 11) is 0. The molecule has 2 heterocycles. The van der Waals surface area contributed by atoms with Crippen LogP contribution in [0.25, 0.3) is 0 Å². The lowest BCUT2D eigenvalue weighted by Gasteiger charge is -2.51. The Morgan fingerprint density at radius 3 is 0.623 bits per heavy atom. The van der Waals surface area contributed by atoms with Crippen molar-refractivity contribution in [1.82, 2.24) is 0 Å². The van der Waals surface area contributed by atoms with Crippen molar-refractivity contribution in [3.8, 4) is 0 Å². The summed E-state index contributed by atoms with van der Waals surface area (Å²) in [6.07, 6.45) is 71.8. The second-order valence-corrected chi connectivity index (χ2v) is 26.5. The molecule has 6 aliphatic carbocycles. The topological polar surface area (TPSA) is 27.7 Å². The van der Waals surface area contributed by atoms with Crippen molar-refractivity contribution < 1.29 is 14.2 Å². The van der Waals surface area contributed by atoms with E-state index in [1.807, 2.05) is 0 Å². The van der Waals surface area contributed by atoms with Gasteiger partial charge < -0.3 is 14.2 Å². The van der Waals surface area contributed by atoms with Crippen LogP contribution >= 0.6 is 0 Å². The third kappa shape index (κ3) is 17.2. The number of allylic oxidation sites excluding steroid dienone is 4. The summed E-state index contributed by atoms with van der Waals surface area (Å²) >= 11 is 0. The minimum Gasteiger partial charge on any atom is -0.463 e. The Kier molecular flexibility index (Phi) is 26.7. The quantitative estimate of drug-likeness (QED) is 0.196. The summed E-state index contributed by atoms with van der Waals surface area (Å²) in [4.78, 5) is 0. The number of hydrogen-bond acceptors (Lipinski definition) is 3. The predicted octanol–water partition coefficient (Wildman–Crippen LogP) is 24.8. The molecule has 77 heavy (non-hydrogen) atoms. The summed E-state index contributed by atoms with van der Waals surface area (Å²) in [5, 5.41) is 0. The maximum Gasteiger partial charge on any atom is 0.168 e. The Morgan fingerprint density at radius 1 is 0.273 bits per heavy atom. The first-order valence-corrected chi connectivity index (χ1v) is 35.1. The van der Waals surface area contributed by atoms with Crippen LogP contribution in [0.3, 0.4) is 0 Å². The van der Waals surface area contributed by atoms with E-state index in [0.29, 0.717) is 0 Å². The van der Waals surface area contributed by atoms with Gasteiger partial charge in [-0.2, -0.15) is 0 Å². The first-order chi connectivity index (χ1) is 38.2. The zero-order valence-corrected chi connectivity index (χ0v) is 50.8. The molecule has 8 aliphatic rings. The second kappa shape index (κ2) is 34.0. The Balaban J connectivity index is 1.43. The smallest absolute Gasteiger partial charge is 0.168 e. The monoisotopic (exact) mass is 1050 g/mol. The standard InChI is InChI=1S/C74H118O3/c1-3-73(69(63-51-39-27-15-7-16-28-40-52-63)76-70(73)64-53-41-29-17-8-18-30-42-54-64)67(59-61-47-35-23-11-5-12-24-36-48-61)75-68(60-62-49-37-25-13-6-14-26-38-50-62)74(4-2)71(65-55-43-31-19-9-20-32-44-56-65)77-72(74)66-57-45-33-21-10-22-34-46-58-66/h3-58H2,1-2H3. The average molecular weight is 1060 g/mol. The fraction of sp³-hybridized carbons (Fsp3) is 0.811. The number of hydrogen-bond donors (Lipinski definition) is 0. The molecule has 0 atom stereocenters. The second-order valence-electron chi connectivity index (χ2n) is 26.5. The Bertz CT molecular complexity index is 1760. The van der Waals surface area contributed by atoms with Gasteiger partial charge in [0.05, 0.1) is 0 Å². The van der Waals surface area contributed by atoms with Crippen LogP contribution in [0.1, 0.15) is 373 Å². The van der Waals surface area contributed by atoms with E-state index in [1.54, 1.807) is 22.3 Å². The van der Waals surface area contributed by atoms with Crippen molar-refractivity contribution in [3.05, 3.63) is 79.5 Å². The van der Waals surface area contributed by atoms with Crippen molar-refractivity contribution in [2.75, 3.05) is 0 Å². The molecular formula is C74H118O3. The largest absolute Gasteiger partial charge is 0.463 e. The van der Waals surface area contributed by atoms with Crippen LogP contribution < -0.4 is 0 Å². The molecule has 3 nitrogen and oxygen atoms in total. The highest BCUT2D eigenvalue weighted by molar-refractivity contribution is 5.51. The molecule has 6 saturated carbocycles. The van der Waals surface area contributed by atoms with Gasteiger partial charge in [0.25, 0.3) is 0 Å². The summed E-state index contributed by atoms with van der Waals surface area (Å²) < 4.78 is 24.1. The van der Waals surface area contributed by atoms with Crippen LogP contribution in [0.4, 0.5) is 0 Å². The predicted molar refractivity (Wildman–Crippen MR) is 327 cm³/mol. The van der Waals surface area contributed by atoms with Gasteiger partial charge in [0, 0.05) is 0 Å². The molecule has 2 saturated heterocycles. The van der Waals surface area contributed by atoms with E-state index in [1.165, 1.54) is 304 Å². The molecule has 0 unspecified atom stereocenters. The molecule has 0 bridgehead atoms. The van der Waals surface area contributed by atoms with Gasteiger partial charge in [-0.1, -0.05) is 218 Å². The molecule has 0 N–H and O–H groups in total. The van der Waals surface area contributed by atoms with Crippen molar-refractivity contribution >= 4 is 0 Å². The fourth-order valence-electron chi connectivity index (χ4n) is 15.7. The van der Waals surface area contributed by atoms with E-state index in [4.69, 9.17) is 14.2 Å². The van der Waals surface area contributed by atoms with Crippen molar-refractivity contribution in [3.63, 3.8) is 0 Å². The third-order valence-electron chi connectivity index (χ3n) is 20.6. The highest BCUT2D eigenvalue weighted by Crippen LogP contribution is 2.65.